The van der Waals surface area contributed by atoms with Crippen LogP contribution in [0.25, 0.3) is 0 Å². The molecule has 1 unspecified atom stereocenters. The highest BCUT2D eigenvalue weighted by Gasteiger charge is 2.15. The molecule has 0 bridgehead atoms. The summed E-state index contributed by atoms with van der Waals surface area (Å²) in [4.78, 5) is 21.2. The van der Waals surface area contributed by atoms with Crippen LogP contribution in [0.3, 0.4) is 0 Å². The monoisotopic (exact) mass is 185 g/mol. The second kappa shape index (κ2) is 5.82. The molecule has 0 saturated heterocycles. The van der Waals surface area contributed by atoms with Crippen molar-refractivity contribution in [2.75, 3.05) is 6.61 Å². The number of ether oxygens (including phenoxy) is 1. The van der Waals surface area contributed by atoms with Gasteiger partial charge in [0, 0.05) is 0 Å². The topological polar surface area (TPSA) is 75.6 Å². The third-order valence-electron chi connectivity index (χ3n) is 1.11. The number of hydrogen-bond donors (Lipinski definition) is 2. The van der Waals surface area contributed by atoms with E-state index in [4.69, 9.17) is 5.11 Å². The molecule has 2 N–H and O–H groups in total. The lowest BCUT2D eigenvalue weighted by Crippen LogP contribution is -2.39. The van der Waals surface area contributed by atoms with Crippen LogP contribution >= 0.6 is 0 Å². The molecule has 13 heavy (non-hydrogen) atoms. The number of nitrogens with one attached hydrogen (secondary N) is 1. The Kier molecular flexibility index (Phi) is 5.02. The number of carbonyl (C=O) groups is 2. The van der Waals surface area contributed by atoms with Gasteiger partial charge in [0.15, 0.2) is 0 Å². The van der Waals surface area contributed by atoms with Gasteiger partial charge >= 0.3 is 12.1 Å². The molecule has 1 atom stereocenters. The third kappa shape index (κ3) is 4.62. The molecule has 0 aromatic carbocycles. The van der Waals surface area contributed by atoms with Crippen molar-refractivity contribution in [1.82, 2.24) is 5.32 Å². The minimum atomic E-state index is -1.19. The van der Waals surface area contributed by atoms with Gasteiger partial charge < -0.3 is 15.2 Å². The lowest BCUT2D eigenvalue weighted by Gasteiger charge is -2.09. The average Bonchev–Trinajstić information content (AvgIpc) is 2.10. The van der Waals surface area contributed by atoms with Crippen molar-refractivity contribution in [2.24, 2.45) is 0 Å². The summed E-state index contributed by atoms with van der Waals surface area (Å²) in [6.45, 7) is 6.61. The molecule has 0 aliphatic carbocycles. The van der Waals surface area contributed by atoms with Crippen molar-refractivity contribution in [3.05, 3.63) is 25.3 Å². The number of alkyl carbamates (subject to hydrolysis) is 1. The SMILES string of the molecule is C=CCOC(=O)NC(C=C)C(=O)O. The maximum Gasteiger partial charge on any atom is 0.408 e. The van der Waals surface area contributed by atoms with Gasteiger partial charge in [-0.25, -0.2) is 9.59 Å². The van der Waals surface area contributed by atoms with Crippen LogP contribution in [0.4, 0.5) is 4.79 Å². The zero-order valence-corrected chi connectivity index (χ0v) is 7.03. The summed E-state index contributed by atoms with van der Waals surface area (Å²) in [5.74, 6) is -1.19. The van der Waals surface area contributed by atoms with E-state index < -0.39 is 18.1 Å². The Bertz CT molecular complexity index is 224. The predicted molar refractivity (Wildman–Crippen MR) is 46.3 cm³/mol. The Hall–Kier alpha value is -1.78. The Balaban J connectivity index is 3.93. The molecule has 0 aromatic heterocycles. The highest BCUT2D eigenvalue weighted by molar-refractivity contribution is 5.81. The number of aliphatic carboxylic acids is 1. The Morgan fingerprint density at radius 2 is 2.15 bits per heavy atom. The number of carbonyl (C=O) groups excluding carboxylic acids is 1. The predicted octanol–water partition coefficient (Wildman–Crippen LogP) is 0.538. The molecule has 0 radical (unpaired) electrons. The lowest BCUT2D eigenvalue weighted by molar-refractivity contribution is -0.138. The molecule has 0 saturated carbocycles. The summed E-state index contributed by atoms with van der Waals surface area (Å²) in [7, 11) is 0. The summed E-state index contributed by atoms with van der Waals surface area (Å²) < 4.78 is 4.49. The molecule has 5 heteroatoms. The average molecular weight is 185 g/mol. The van der Waals surface area contributed by atoms with Crippen molar-refractivity contribution in [3.63, 3.8) is 0 Å². The Morgan fingerprint density at radius 1 is 1.54 bits per heavy atom. The first kappa shape index (κ1) is 11.2. The zero-order valence-electron chi connectivity index (χ0n) is 7.03. The van der Waals surface area contributed by atoms with Gasteiger partial charge in [-0.05, 0) is 0 Å². The maximum absolute atomic E-state index is 10.8. The number of hydrogen-bond acceptors (Lipinski definition) is 3. The van der Waals surface area contributed by atoms with Crippen LogP contribution in [0.2, 0.25) is 0 Å². The minimum Gasteiger partial charge on any atom is -0.479 e. The number of carboxylic acid groups (broad SMARTS) is 1. The molecule has 72 valence electrons. The van der Waals surface area contributed by atoms with Gasteiger partial charge in [0.05, 0.1) is 0 Å². The first-order valence-electron chi connectivity index (χ1n) is 3.51. The minimum absolute atomic E-state index is 0.0370. The summed E-state index contributed by atoms with van der Waals surface area (Å²) in [5, 5.41) is 10.6. The van der Waals surface area contributed by atoms with Gasteiger partial charge in [0.2, 0.25) is 0 Å². The maximum atomic E-state index is 10.8. The standard InChI is InChI=1S/C8H11NO4/c1-3-5-13-8(12)9-6(4-2)7(10)11/h3-4,6H,1-2,5H2,(H,9,12)(H,10,11). The summed E-state index contributed by atoms with van der Waals surface area (Å²) in [6.07, 6.45) is 1.66. The van der Waals surface area contributed by atoms with Crippen LogP contribution in [0.5, 0.6) is 0 Å². The van der Waals surface area contributed by atoms with E-state index in [1.165, 1.54) is 6.08 Å². The van der Waals surface area contributed by atoms with Gasteiger partial charge in [-0.2, -0.15) is 0 Å². The van der Waals surface area contributed by atoms with Crippen molar-refractivity contribution in [2.45, 2.75) is 6.04 Å². The van der Waals surface area contributed by atoms with E-state index in [9.17, 15) is 9.59 Å². The van der Waals surface area contributed by atoms with Crippen LogP contribution < -0.4 is 5.32 Å². The largest absolute Gasteiger partial charge is 0.479 e. The summed E-state index contributed by atoms with van der Waals surface area (Å²) >= 11 is 0. The van der Waals surface area contributed by atoms with E-state index in [1.807, 2.05) is 0 Å². The van der Waals surface area contributed by atoms with Crippen LogP contribution in [0.1, 0.15) is 0 Å². The third-order valence-corrected chi connectivity index (χ3v) is 1.11. The highest BCUT2D eigenvalue weighted by atomic mass is 16.5. The normalized spacial score (nSPS) is 11.1. The number of carboxylic acids is 1. The van der Waals surface area contributed by atoms with E-state index >= 15 is 0 Å². The molecule has 0 spiro atoms. The first-order chi connectivity index (χ1) is 6.11. The molecule has 1 amide bonds. The van der Waals surface area contributed by atoms with Gasteiger partial charge in [0.25, 0.3) is 0 Å². The molecule has 5 nitrogen and oxygen atoms in total. The van der Waals surface area contributed by atoms with Crippen LogP contribution in [0.15, 0.2) is 25.3 Å². The smallest absolute Gasteiger partial charge is 0.408 e. The molecular formula is C8H11NO4. The summed E-state index contributed by atoms with van der Waals surface area (Å²) in [5.41, 5.74) is 0. The molecule has 0 fully saturated rings. The Labute approximate surface area is 75.7 Å². The van der Waals surface area contributed by atoms with E-state index in [0.29, 0.717) is 0 Å². The molecule has 0 rings (SSSR count). The van der Waals surface area contributed by atoms with E-state index in [2.05, 4.69) is 23.2 Å². The van der Waals surface area contributed by atoms with Gasteiger partial charge in [-0.15, -0.1) is 6.58 Å². The van der Waals surface area contributed by atoms with Crippen LogP contribution in [0, 0.1) is 0 Å². The fraction of sp³-hybridized carbons (Fsp3) is 0.250. The van der Waals surface area contributed by atoms with Crippen molar-refractivity contribution in [1.29, 1.82) is 0 Å². The van der Waals surface area contributed by atoms with Crippen LogP contribution in [-0.2, 0) is 9.53 Å². The summed E-state index contributed by atoms with van der Waals surface area (Å²) in [6, 6.07) is -1.13. The molecule has 0 aliphatic heterocycles. The first-order valence-corrected chi connectivity index (χ1v) is 3.51. The van der Waals surface area contributed by atoms with Gasteiger partial charge in [-0.3, -0.25) is 0 Å². The molecular weight excluding hydrogens is 174 g/mol. The quantitative estimate of drug-likeness (QED) is 0.613. The number of amides is 1. The second-order valence-corrected chi connectivity index (χ2v) is 2.08. The van der Waals surface area contributed by atoms with E-state index in [0.717, 1.165) is 6.08 Å². The fourth-order valence-electron chi connectivity index (χ4n) is 0.525. The van der Waals surface area contributed by atoms with Crippen molar-refractivity contribution < 1.29 is 19.4 Å². The highest BCUT2D eigenvalue weighted by Crippen LogP contribution is 1.87. The number of rotatable bonds is 5. The fourth-order valence-corrected chi connectivity index (χ4v) is 0.525. The zero-order chi connectivity index (χ0) is 10.3. The molecule has 0 aromatic rings. The molecule has 0 aliphatic rings. The van der Waals surface area contributed by atoms with Gasteiger partial charge in [0.1, 0.15) is 12.6 Å². The van der Waals surface area contributed by atoms with Crippen molar-refractivity contribution >= 4 is 12.1 Å². The second-order valence-electron chi connectivity index (χ2n) is 2.08. The van der Waals surface area contributed by atoms with Gasteiger partial charge in [-0.1, -0.05) is 18.7 Å². The Morgan fingerprint density at radius 3 is 2.54 bits per heavy atom. The molecule has 0 heterocycles. The lowest BCUT2D eigenvalue weighted by atomic mass is 10.3. The van der Waals surface area contributed by atoms with Crippen LogP contribution in [-0.4, -0.2) is 29.8 Å². The van der Waals surface area contributed by atoms with E-state index in [1.54, 1.807) is 0 Å². The van der Waals surface area contributed by atoms with E-state index in [-0.39, 0.29) is 6.61 Å². The van der Waals surface area contributed by atoms with Crippen molar-refractivity contribution in [3.8, 4) is 0 Å².